The number of thiazole rings is 1. The number of amides is 2. The van der Waals surface area contributed by atoms with E-state index in [1.165, 1.54) is 16.9 Å². The number of aromatic nitrogens is 1. The molecule has 1 heterocycles. The van der Waals surface area contributed by atoms with E-state index in [4.69, 9.17) is 4.74 Å². The highest BCUT2D eigenvalue weighted by Crippen LogP contribution is 2.17. The van der Waals surface area contributed by atoms with E-state index < -0.39 is 5.97 Å². The van der Waals surface area contributed by atoms with Gasteiger partial charge in [-0.05, 0) is 37.5 Å². The molecule has 2 amide bonds. The van der Waals surface area contributed by atoms with Crippen molar-refractivity contribution in [2.45, 2.75) is 53.0 Å². The molecule has 7 heteroatoms. The van der Waals surface area contributed by atoms with Gasteiger partial charge in [-0.2, -0.15) is 0 Å². The van der Waals surface area contributed by atoms with Crippen LogP contribution in [0.2, 0.25) is 0 Å². The summed E-state index contributed by atoms with van der Waals surface area (Å²) < 4.78 is 4.99. The molecule has 0 atom stereocenters. The Kier molecular flexibility index (Phi) is 8.94. The molecular formula is C21H29N3O3S. The van der Waals surface area contributed by atoms with Crippen molar-refractivity contribution in [1.82, 2.24) is 9.88 Å². The minimum Gasteiger partial charge on any atom is -0.461 e. The van der Waals surface area contributed by atoms with Crippen LogP contribution in [0.3, 0.4) is 0 Å². The number of hydrogen-bond acceptors (Lipinski definition) is 5. The number of rotatable bonds is 10. The average Bonchev–Trinajstić information content (AvgIpc) is 3.16. The first kappa shape index (κ1) is 21.9. The van der Waals surface area contributed by atoms with Crippen molar-refractivity contribution < 1.29 is 14.3 Å². The minimum atomic E-state index is -0.427. The number of urea groups is 1. The number of ether oxygens (including phenoxy) is 1. The molecule has 0 saturated heterocycles. The summed E-state index contributed by atoms with van der Waals surface area (Å²) in [6.07, 6.45) is 3.98. The molecule has 0 aliphatic heterocycles. The van der Waals surface area contributed by atoms with Gasteiger partial charge in [0.05, 0.1) is 13.2 Å². The third-order valence-corrected chi connectivity index (χ3v) is 5.10. The van der Waals surface area contributed by atoms with Crippen molar-refractivity contribution in [3.63, 3.8) is 0 Å². The average molecular weight is 404 g/mol. The second-order valence-electron chi connectivity index (χ2n) is 6.46. The van der Waals surface area contributed by atoms with Gasteiger partial charge in [0, 0.05) is 17.6 Å². The second-order valence-corrected chi connectivity index (χ2v) is 7.40. The van der Waals surface area contributed by atoms with E-state index in [9.17, 15) is 9.59 Å². The molecule has 1 N–H and O–H groups in total. The van der Waals surface area contributed by atoms with Gasteiger partial charge in [-0.1, -0.05) is 38.8 Å². The first-order valence-corrected chi connectivity index (χ1v) is 10.7. The van der Waals surface area contributed by atoms with Crippen LogP contribution in [-0.2, 0) is 17.7 Å². The number of unbranched alkanes of at least 4 members (excludes halogenated alkanes) is 2. The van der Waals surface area contributed by atoms with Gasteiger partial charge < -0.3 is 15.0 Å². The van der Waals surface area contributed by atoms with Gasteiger partial charge in [-0.15, -0.1) is 11.3 Å². The zero-order valence-corrected chi connectivity index (χ0v) is 17.7. The van der Waals surface area contributed by atoms with E-state index >= 15 is 0 Å². The van der Waals surface area contributed by atoms with E-state index in [0.717, 1.165) is 36.4 Å². The maximum atomic E-state index is 12.9. The Bertz CT molecular complexity index is 776. The number of nitrogens with zero attached hydrogens (tertiary/aromatic N) is 2. The highest BCUT2D eigenvalue weighted by atomic mass is 32.1. The first-order valence-electron chi connectivity index (χ1n) is 9.83. The highest BCUT2D eigenvalue weighted by molar-refractivity contribution is 7.09. The fraction of sp³-hybridized carbons (Fsp3) is 0.476. The van der Waals surface area contributed by atoms with Gasteiger partial charge in [0.2, 0.25) is 0 Å². The summed E-state index contributed by atoms with van der Waals surface area (Å²) in [5.41, 5.74) is 2.26. The second kappa shape index (κ2) is 11.4. The Balaban J connectivity index is 2.07. The molecule has 2 aromatic rings. The molecule has 1 aromatic carbocycles. The van der Waals surface area contributed by atoms with Crippen LogP contribution in [0.5, 0.6) is 0 Å². The number of anilines is 1. The fourth-order valence-electron chi connectivity index (χ4n) is 2.72. The van der Waals surface area contributed by atoms with Gasteiger partial charge in [-0.3, -0.25) is 0 Å². The molecule has 0 unspecified atom stereocenters. The Morgan fingerprint density at radius 1 is 1.21 bits per heavy atom. The van der Waals surface area contributed by atoms with Crippen molar-refractivity contribution in [2.75, 3.05) is 18.5 Å². The lowest BCUT2D eigenvalue weighted by molar-refractivity contribution is 0.0520. The standard InChI is InChI=1S/C21H29N3O3S/c1-4-7-8-12-24(14-19-23-18(15-28-19)20(25)27-6-3)21(26)22-17-11-9-10-16(5-2)13-17/h9-11,13,15H,4-8,12,14H2,1-3H3,(H,22,26). The number of hydrogen-bond donors (Lipinski definition) is 1. The number of benzene rings is 1. The fourth-order valence-corrected chi connectivity index (χ4v) is 3.50. The molecule has 0 radical (unpaired) electrons. The lowest BCUT2D eigenvalue weighted by Gasteiger charge is -2.22. The number of carbonyl (C=O) groups excluding carboxylic acids is 2. The molecule has 1 aromatic heterocycles. The van der Waals surface area contributed by atoms with Crippen molar-refractivity contribution in [3.8, 4) is 0 Å². The van der Waals surface area contributed by atoms with Crippen LogP contribution in [0.4, 0.5) is 10.5 Å². The Morgan fingerprint density at radius 2 is 2.04 bits per heavy atom. The van der Waals surface area contributed by atoms with Gasteiger partial charge in [-0.25, -0.2) is 14.6 Å². The molecule has 0 spiro atoms. The molecule has 152 valence electrons. The summed E-state index contributed by atoms with van der Waals surface area (Å²) in [4.78, 5) is 30.8. The molecule has 0 saturated carbocycles. The van der Waals surface area contributed by atoms with Crippen LogP contribution in [0, 0.1) is 0 Å². The summed E-state index contributed by atoms with van der Waals surface area (Å²) in [5, 5.41) is 5.39. The van der Waals surface area contributed by atoms with Crippen LogP contribution < -0.4 is 5.32 Å². The first-order chi connectivity index (χ1) is 13.6. The van der Waals surface area contributed by atoms with Gasteiger partial charge >= 0.3 is 12.0 Å². The third kappa shape index (κ3) is 6.64. The lowest BCUT2D eigenvalue weighted by atomic mass is 10.1. The summed E-state index contributed by atoms with van der Waals surface area (Å²) >= 11 is 1.37. The minimum absolute atomic E-state index is 0.155. The van der Waals surface area contributed by atoms with E-state index in [1.54, 1.807) is 17.2 Å². The van der Waals surface area contributed by atoms with Crippen LogP contribution in [0.15, 0.2) is 29.6 Å². The van der Waals surface area contributed by atoms with E-state index in [1.807, 2.05) is 24.3 Å². The summed E-state index contributed by atoms with van der Waals surface area (Å²) in [6.45, 7) is 7.30. The molecule has 0 aliphatic rings. The van der Waals surface area contributed by atoms with Crippen LogP contribution in [-0.4, -0.2) is 35.0 Å². The molecule has 0 bridgehead atoms. The Labute approximate surface area is 170 Å². The maximum Gasteiger partial charge on any atom is 0.357 e. The summed E-state index contributed by atoms with van der Waals surface area (Å²) in [7, 11) is 0. The summed E-state index contributed by atoms with van der Waals surface area (Å²) in [5.74, 6) is -0.427. The van der Waals surface area contributed by atoms with Gasteiger partial charge in [0.1, 0.15) is 5.01 Å². The topological polar surface area (TPSA) is 71.5 Å². The Hall–Kier alpha value is -2.41. The van der Waals surface area contributed by atoms with Crippen LogP contribution >= 0.6 is 11.3 Å². The Morgan fingerprint density at radius 3 is 2.75 bits per heavy atom. The number of nitrogens with one attached hydrogen (secondary N) is 1. The van der Waals surface area contributed by atoms with E-state index in [0.29, 0.717) is 25.4 Å². The third-order valence-electron chi connectivity index (χ3n) is 4.27. The summed E-state index contributed by atoms with van der Waals surface area (Å²) in [6, 6.07) is 7.72. The monoisotopic (exact) mass is 403 g/mol. The zero-order chi connectivity index (χ0) is 20.4. The molecular weight excluding hydrogens is 374 g/mol. The maximum absolute atomic E-state index is 12.9. The number of aryl methyl sites for hydroxylation is 1. The molecule has 28 heavy (non-hydrogen) atoms. The lowest BCUT2D eigenvalue weighted by Crippen LogP contribution is -2.35. The van der Waals surface area contributed by atoms with E-state index in [2.05, 4.69) is 24.1 Å². The smallest absolute Gasteiger partial charge is 0.357 e. The predicted molar refractivity (Wildman–Crippen MR) is 113 cm³/mol. The number of carbonyl (C=O) groups is 2. The quantitative estimate of drug-likeness (QED) is 0.442. The SMILES string of the molecule is CCCCCN(Cc1nc(C(=O)OCC)cs1)C(=O)Nc1cccc(CC)c1. The number of esters is 1. The van der Waals surface area contributed by atoms with Gasteiger partial charge in [0.15, 0.2) is 5.69 Å². The van der Waals surface area contributed by atoms with Crippen molar-refractivity contribution in [2.24, 2.45) is 0 Å². The normalized spacial score (nSPS) is 10.5. The van der Waals surface area contributed by atoms with Crippen LogP contribution in [0.1, 0.15) is 61.1 Å². The molecule has 0 fully saturated rings. The predicted octanol–water partition coefficient (Wildman–Crippen LogP) is 5.11. The van der Waals surface area contributed by atoms with Crippen molar-refractivity contribution >= 4 is 29.0 Å². The molecule has 2 rings (SSSR count). The van der Waals surface area contributed by atoms with E-state index in [-0.39, 0.29) is 6.03 Å². The largest absolute Gasteiger partial charge is 0.461 e. The van der Waals surface area contributed by atoms with Crippen LogP contribution in [0.25, 0.3) is 0 Å². The van der Waals surface area contributed by atoms with Crippen molar-refractivity contribution in [1.29, 1.82) is 0 Å². The molecule has 6 nitrogen and oxygen atoms in total. The highest BCUT2D eigenvalue weighted by Gasteiger charge is 2.18. The van der Waals surface area contributed by atoms with Gasteiger partial charge in [0.25, 0.3) is 0 Å². The molecule has 0 aliphatic carbocycles. The zero-order valence-electron chi connectivity index (χ0n) is 16.9. The van der Waals surface area contributed by atoms with Crippen molar-refractivity contribution in [3.05, 3.63) is 45.9 Å².